The summed E-state index contributed by atoms with van der Waals surface area (Å²) in [6.07, 6.45) is 0.350. The lowest BCUT2D eigenvalue weighted by Gasteiger charge is -2.37. The number of amides is 3. The van der Waals surface area contributed by atoms with Crippen LogP contribution in [0.25, 0.3) is 10.9 Å². The van der Waals surface area contributed by atoms with Crippen LogP contribution in [0, 0.1) is 0 Å². The summed E-state index contributed by atoms with van der Waals surface area (Å²) in [5.41, 5.74) is 4.37. The molecule has 8 heteroatoms. The molecule has 33 heavy (non-hydrogen) atoms. The molecule has 0 saturated carbocycles. The molecule has 2 aliphatic heterocycles. The number of hydrogen-bond donors (Lipinski definition) is 4. The number of rotatable bonds is 5. The SMILES string of the molecule is CC(CO)NC(=O)C(C)NC(=O)C1Cc2c([nH]c3ccccc23)C2c3ccccc3C(=O)N12. The van der Waals surface area contributed by atoms with Gasteiger partial charge in [-0.1, -0.05) is 36.4 Å². The van der Waals surface area contributed by atoms with Crippen LogP contribution in [0.2, 0.25) is 0 Å². The summed E-state index contributed by atoms with van der Waals surface area (Å²) < 4.78 is 0. The number of aromatic amines is 1. The van der Waals surface area contributed by atoms with Crippen LogP contribution >= 0.6 is 0 Å². The molecule has 0 spiro atoms. The lowest BCUT2D eigenvalue weighted by molar-refractivity contribution is -0.132. The number of nitrogens with one attached hydrogen (secondary N) is 3. The summed E-state index contributed by atoms with van der Waals surface area (Å²) in [6, 6.07) is 13.0. The Balaban J connectivity index is 1.52. The van der Waals surface area contributed by atoms with Crippen molar-refractivity contribution in [1.82, 2.24) is 20.5 Å². The van der Waals surface area contributed by atoms with Crippen LogP contribution in [-0.4, -0.2) is 57.4 Å². The van der Waals surface area contributed by atoms with Crippen molar-refractivity contribution < 1.29 is 19.5 Å². The van der Waals surface area contributed by atoms with Crippen molar-refractivity contribution in [2.24, 2.45) is 0 Å². The number of para-hydroxylation sites is 1. The molecule has 8 nitrogen and oxygen atoms in total. The van der Waals surface area contributed by atoms with Gasteiger partial charge in [-0.15, -0.1) is 0 Å². The van der Waals surface area contributed by atoms with Gasteiger partial charge in [0.25, 0.3) is 5.91 Å². The molecule has 3 heterocycles. The minimum atomic E-state index is -0.811. The normalized spacial score (nSPS) is 20.6. The van der Waals surface area contributed by atoms with E-state index in [0.29, 0.717) is 12.0 Å². The number of fused-ring (bicyclic) bond motifs is 7. The Bertz CT molecular complexity index is 1270. The van der Waals surface area contributed by atoms with E-state index in [1.807, 2.05) is 42.5 Å². The van der Waals surface area contributed by atoms with Gasteiger partial charge in [0.1, 0.15) is 12.1 Å². The van der Waals surface area contributed by atoms with Gasteiger partial charge in [-0.05, 0) is 37.1 Å². The third kappa shape index (κ3) is 3.38. The molecule has 3 aromatic rings. The molecule has 3 amide bonds. The van der Waals surface area contributed by atoms with Gasteiger partial charge in [-0.3, -0.25) is 14.4 Å². The molecule has 0 radical (unpaired) electrons. The predicted molar refractivity (Wildman–Crippen MR) is 123 cm³/mol. The van der Waals surface area contributed by atoms with Crippen molar-refractivity contribution in [3.63, 3.8) is 0 Å². The van der Waals surface area contributed by atoms with E-state index in [1.165, 1.54) is 0 Å². The zero-order chi connectivity index (χ0) is 23.3. The summed E-state index contributed by atoms with van der Waals surface area (Å²) in [6.45, 7) is 3.08. The van der Waals surface area contributed by atoms with E-state index in [1.54, 1.807) is 24.8 Å². The number of benzene rings is 2. The lowest BCUT2D eigenvalue weighted by Crippen LogP contribution is -2.56. The van der Waals surface area contributed by atoms with Gasteiger partial charge in [0.15, 0.2) is 0 Å². The molecule has 1 aromatic heterocycles. The predicted octanol–water partition coefficient (Wildman–Crippen LogP) is 1.64. The minimum absolute atomic E-state index is 0.189. The highest BCUT2D eigenvalue weighted by Crippen LogP contribution is 2.46. The quantitative estimate of drug-likeness (QED) is 0.477. The second kappa shape index (κ2) is 8.04. The van der Waals surface area contributed by atoms with E-state index in [9.17, 15) is 19.5 Å². The van der Waals surface area contributed by atoms with Crippen LogP contribution in [0.5, 0.6) is 0 Å². The van der Waals surface area contributed by atoms with Crippen LogP contribution in [0.1, 0.15) is 47.1 Å². The Kier molecular flexibility index (Phi) is 5.17. The molecule has 170 valence electrons. The molecule has 0 aliphatic carbocycles. The Morgan fingerprint density at radius 1 is 1.12 bits per heavy atom. The first-order valence-electron chi connectivity index (χ1n) is 11.1. The Hall–Kier alpha value is -3.65. The first kappa shape index (κ1) is 21.2. The molecule has 0 bridgehead atoms. The molecule has 2 aromatic carbocycles. The van der Waals surface area contributed by atoms with Gasteiger partial charge in [0, 0.05) is 34.6 Å². The Labute approximate surface area is 191 Å². The van der Waals surface area contributed by atoms with Gasteiger partial charge >= 0.3 is 0 Å². The topological polar surface area (TPSA) is 115 Å². The highest BCUT2D eigenvalue weighted by atomic mass is 16.3. The van der Waals surface area contributed by atoms with E-state index in [4.69, 9.17) is 0 Å². The number of hydrogen-bond acceptors (Lipinski definition) is 4. The summed E-state index contributed by atoms with van der Waals surface area (Å²) >= 11 is 0. The zero-order valence-corrected chi connectivity index (χ0v) is 18.5. The van der Waals surface area contributed by atoms with Crippen LogP contribution < -0.4 is 10.6 Å². The Morgan fingerprint density at radius 3 is 2.64 bits per heavy atom. The highest BCUT2D eigenvalue weighted by Gasteiger charge is 2.49. The van der Waals surface area contributed by atoms with Gasteiger partial charge in [-0.25, -0.2) is 0 Å². The monoisotopic (exact) mass is 446 g/mol. The molecule has 4 atom stereocenters. The van der Waals surface area contributed by atoms with E-state index in [0.717, 1.165) is 27.7 Å². The van der Waals surface area contributed by atoms with Crippen molar-refractivity contribution in [3.05, 3.63) is 70.9 Å². The van der Waals surface area contributed by atoms with Crippen molar-refractivity contribution >= 4 is 28.6 Å². The van der Waals surface area contributed by atoms with Gasteiger partial charge in [0.2, 0.25) is 11.8 Å². The summed E-state index contributed by atoms with van der Waals surface area (Å²) in [5, 5.41) is 15.6. The van der Waals surface area contributed by atoms with Crippen LogP contribution in [0.3, 0.4) is 0 Å². The smallest absolute Gasteiger partial charge is 0.255 e. The zero-order valence-electron chi connectivity index (χ0n) is 18.5. The Morgan fingerprint density at radius 2 is 1.85 bits per heavy atom. The summed E-state index contributed by atoms with van der Waals surface area (Å²) in [4.78, 5) is 44.4. The fraction of sp³-hybridized carbons (Fsp3) is 0.320. The molecule has 5 rings (SSSR count). The second-order valence-electron chi connectivity index (χ2n) is 8.81. The largest absolute Gasteiger partial charge is 0.394 e. The second-order valence-corrected chi connectivity index (χ2v) is 8.81. The third-order valence-electron chi connectivity index (χ3n) is 6.57. The number of carbonyl (C=O) groups is 3. The van der Waals surface area contributed by atoms with E-state index < -0.39 is 18.1 Å². The molecule has 2 aliphatic rings. The van der Waals surface area contributed by atoms with Gasteiger partial charge < -0.3 is 25.6 Å². The van der Waals surface area contributed by atoms with Gasteiger partial charge in [0.05, 0.1) is 12.6 Å². The standard InChI is InChI=1S/C25H26N4O4/c1-13(12-30)26-23(31)14(2)27-24(32)20-11-18-15-7-5-6-10-19(15)28-21(18)22-16-8-3-4-9-17(16)25(33)29(20)22/h3-10,13-14,20,22,28,30H,11-12H2,1-2H3,(H,26,31)(H,27,32). The molecule has 4 unspecified atom stereocenters. The number of aliphatic hydroxyl groups excluding tert-OH is 1. The fourth-order valence-corrected chi connectivity index (χ4v) is 4.93. The first-order chi connectivity index (χ1) is 15.9. The van der Waals surface area contributed by atoms with Crippen LogP contribution in [0.4, 0.5) is 0 Å². The highest BCUT2D eigenvalue weighted by molar-refractivity contribution is 6.04. The van der Waals surface area contributed by atoms with Gasteiger partial charge in [-0.2, -0.15) is 0 Å². The van der Waals surface area contributed by atoms with Crippen molar-refractivity contribution in [2.45, 2.75) is 44.4 Å². The number of H-pyrrole nitrogens is 1. The maximum atomic E-state index is 13.4. The van der Waals surface area contributed by atoms with Crippen LogP contribution in [0.15, 0.2) is 48.5 Å². The van der Waals surface area contributed by atoms with Crippen molar-refractivity contribution in [3.8, 4) is 0 Å². The maximum Gasteiger partial charge on any atom is 0.255 e. The van der Waals surface area contributed by atoms with E-state index in [-0.39, 0.29) is 30.4 Å². The summed E-state index contributed by atoms with van der Waals surface area (Å²) in [5.74, 6) is -0.955. The third-order valence-corrected chi connectivity index (χ3v) is 6.57. The van der Waals surface area contributed by atoms with E-state index >= 15 is 0 Å². The number of aliphatic hydroxyl groups is 1. The van der Waals surface area contributed by atoms with Crippen molar-refractivity contribution in [1.29, 1.82) is 0 Å². The fourth-order valence-electron chi connectivity index (χ4n) is 4.93. The minimum Gasteiger partial charge on any atom is -0.394 e. The maximum absolute atomic E-state index is 13.4. The number of carbonyl (C=O) groups excluding carboxylic acids is 3. The average Bonchev–Trinajstić information content (AvgIpc) is 3.34. The molecular formula is C25H26N4O4. The average molecular weight is 447 g/mol. The van der Waals surface area contributed by atoms with Crippen LogP contribution in [-0.2, 0) is 16.0 Å². The number of aromatic nitrogens is 1. The van der Waals surface area contributed by atoms with Crippen molar-refractivity contribution in [2.75, 3.05) is 6.61 Å². The first-order valence-corrected chi connectivity index (χ1v) is 11.1. The van der Waals surface area contributed by atoms with E-state index in [2.05, 4.69) is 15.6 Å². The molecule has 4 N–H and O–H groups in total. The lowest BCUT2D eigenvalue weighted by atomic mass is 9.90. The number of nitrogens with zero attached hydrogens (tertiary/aromatic N) is 1. The molecule has 0 saturated heterocycles. The summed E-state index contributed by atoms with van der Waals surface area (Å²) in [7, 11) is 0. The molecular weight excluding hydrogens is 420 g/mol. The molecule has 0 fully saturated rings.